The third kappa shape index (κ3) is 4.00. The summed E-state index contributed by atoms with van der Waals surface area (Å²) >= 11 is 0. The van der Waals surface area contributed by atoms with Crippen molar-refractivity contribution in [3.63, 3.8) is 0 Å². The number of hydrogen-bond acceptors (Lipinski definition) is 2. The maximum atomic E-state index is 11.5. The quantitative estimate of drug-likeness (QED) is 0.825. The van der Waals surface area contributed by atoms with Crippen LogP contribution in [0.4, 0.5) is 0 Å². The molecule has 0 radical (unpaired) electrons. The molecule has 0 saturated carbocycles. The Morgan fingerprint density at radius 2 is 1.82 bits per heavy atom. The summed E-state index contributed by atoms with van der Waals surface area (Å²) in [5.74, 6) is 0. The first-order valence-electron chi connectivity index (χ1n) is 5.86. The van der Waals surface area contributed by atoms with E-state index in [-0.39, 0.29) is 0 Å². The van der Waals surface area contributed by atoms with Crippen LogP contribution in [0.2, 0.25) is 0 Å². The van der Waals surface area contributed by atoms with Crippen molar-refractivity contribution in [2.45, 2.75) is 39.0 Å². The lowest BCUT2D eigenvalue weighted by molar-refractivity contribution is 0.601. The second-order valence-corrected chi connectivity index (χ2v) is 5.63. The minimum absolute atomic E-state index is 0.421. The van der Waals surface area contributed by atoms with E-state index in [1.807, 2.05) is 33.8 Å². The van der Waals surface area contributed by atoms with Crippen molar-refractivity contribution in [1.29, 1.82) is 0 Å². The molecule has 0 aliphatic rings. The average molecular weight is 254 g/mol. The lowest BCUT2D eigenvalue weighted by Crippen LogP contribution is -2.02. The van der Waals surface area contributed by atoms with Crippen molar-refractivity contribution >= 4 is 15.9 Å². The van der Waals surface area contributed by atoms with Crippen LogP contribution in [0.3, 0.4) is 0 Å². The fourth-order valence-electron chi connectivity index (χ4n) is 1.65. The lowest BCUT2D eigenvalue weighted by Gasteiger charge is -2.09. The Hall–Kier alpha value is -1.09. The molecule has 1 aromatic carbocycles. The van der Waals surface area contributed by atoms with E-state index in [1.165, 1.54) is 6.26 Å². The first-order valence-corrected chi connectivity index (χ1v) is 7.75. The molecule has 0 unspecified atom stereocenters. The van der Waals surface area contributed by atoms with Crippen molar-refractivity contribution in [1.82, 2.24) is 0 Å². The Morgan fingerprint density at radius 3 is 2.18 bits per heavy atom. The van der Waals surface area contributed by atoms with Crippen LogP contribution in [-0.4, -0.2) is 14.7 Å². The molecule has 1 rings (SSSR count). The molecule has 17 heavy (non-hydrogen) atoms. The molecule has 0 amide bonds. The van der Waals surface area contributed by atoms with Crippen molar-refractivity contribution in [2.75, 3.05) is 6.26 Å². The van der Waals surface area contributed by atoms with Crippen molar-refractivity contribution < 1.29 is 8.42 Å². The van der Waals surface area contributed by atoms with E-state index in [4.69, 9.17) is 0 Å². The fourth-order valence-corrected chi connectivity index (χ4v) is 2.65. The molecule has 0 aromatic heterocycles. The second kappa shape index (κ2) is 6.60. The van der Waals surface area contributed by atoms with Gasteiger partial charge in [-0.15, -0.1) is 0 Å². The SMILES string of the molecule is C=Cc1cc(C)c(S(C)(=O)=O)cc1CC.CC. The Labute approximate surface area is 105 Å². The molecule has 0 fully saturated rings. The molecule has 0 N–H and O–H groups in total. The molecule has 0 saturated heterocycles. The smallest absolute Gasteiger partial charge is 0.175 e. The van der Waals surface area contributed by atoms with Crippen LogP contribution in [0.15, 0.2) is 23.6 Å². The molecule has 0 spiro atoms. The van der Waals surface area contributed by atoms with E-state index >= 15 is 0 Å². The number of sulfone groups is 1. The molecule has 1 aromatic rings. The zero-order valence-electron chi connectivity index (χ0n) is 11.4. The van der Waals surface area contributed by atoms with Crippen LogP contribution in [0, 0.1) is 6.92 Å². The first kappa shape index (κ1) is 15.9. The van der Waals surface area contributed by atoms with Gasteiger partial charge in [-0.2, -0.15) is 0 Å². The summed E-state index contributed by atoms with van der Waals surface area (Å²) < 4.78 is 23.0. The number of rotatable bonds is 3. The van der Waals surface area contributed by atoms with E-state index in [9.17, 15) is 8.42 Å². The van der Waals surface area contributed by atoms with Crippen LogP contribution in [0.5, 0.6) is 0 Å². The molecular formula is C14H22O2S. The monoisotopic (exact) mass is 254 g/mol. The van der Waals surface area contributed by atoms with Gasteiger partial charge in [-0.1, -0.05) is 39.5 Å². The van der Waals surface area contributed by atoms with Crippen molar-refractivity contribution in [2.24, 2.45) is 0 Å². The number of benzene rings is 1. The topological polar surface area (TPSA) is 34.1 Å². The fraction of sp³-hybridized carbons (Fsp3) is 0.429. The van der Waals surface area contributed by atoms with Crippen LogP contribution < -0.4 is 0 Å². The lowest BCUT2D eigenvalue weighted by atomic mass is 10.0. The van der Waals surface area contributed by atoms with Crippen LogP contribution >= 0.6 is 0 Å². The van der Waals surface area contributed by atoms with Gasteiger partial charge < -0.3 is 0 Å². The van der Waals surface area contributed by atoms with Crippen LogP contribution in [0.25, 0.3) is 6.08 Å². The highest BCUT2D eigenvalue weighted by Gasteiger charge is 2.12. The predicted octanol–water partition coefficient (Wildman–Crippen LogP) is 3.63. The second-order valence-electron chi connectivity index (χ2n) is 3.65. The van der Waals surface area contributed by atoms with Gasteiger partial charge in [0, 0.05) is 6.26 Å². The minimum atomic E-state index is -3.13. The van der Waals surface area contributed by atoms with Crippen LogP contribution in [-0.2, 0) is 16.3 Å². The zero-order chi connectivity index (χ0) is 13.6. The van der Waals surface area contributed by atoms with E-state index in [0.29, 0.717) is 4.90 Å². The Kier molecular flexibility index (Phi) is 6.18. The van der Waals surface area contributed by atoms with Crippen LogP contribution in [0.1, 0.15) is 37.5 Å². The summed E-state index contributed by atoms with van der Waals surface area (Å²) in [6, 6.07) is 3.63. The Morgan fingerprint density at radius 1 is 1.29 bits per heavy atom. The molecule has 0 atom stereocenters. The molecule has 2 nitrogen and oxygen atoms in total. The summed E-state index contributed by atoms with van der Waals surface area (Å²) in [5.41, 5.74) is 2.82. The molecule has 0 heterocycles. The van der Waals surface area contributed by atoms with Gasteiger partial charge in [-0.05, 0) is 36.1 Å². The summed E-state index contributed by atoms with van der Waals surface area (Å²) in [6.45, 7) is 11.5. The number of hydrogen-bond donors (Lipinski definition) is 0. The maximum Gasteiger partial charge on any atom is 0.175 e. The molecule has 96 valence electrons. The largest absolute Gasteiger partial charge is 0.224 e. The highest BCUT2D eigenvalue weighted by molar-refractivity contribution is 7.90. The minimum Gasteiger partial charge on any atom is -0.224 e. The van der Waals surface area contributed by atoms with Gasteiger partial charge in [-0.25, -0.2) is 8.42 Å². The maximum absolute atomic E-state index is 11.5. The van der Waals surface area contributed by atoms with E-state index in [2.05, 4.69) is 6.58 Å². The molecule has 0 aliphatic carbocycles. The van der Waals surface area contributed by atoms with Crippen molar-refractivity contribution in [3.05, 3.63) is 35.4 Å². The standard InChI is InChI=1S/C12H16O2S.C2H6/c1-5-10-7-9(3)12(15(4,13)14)8-11(10)6-2;1-2/h5,7-8H,1,6H2,2-4H3;1-2H3. The predicted molar refractivity (Wildman–Crippen MR) is 75.1 cm³/mol. The third-order valence-corrected chi connectivity index (χ3v) is 3.68. The average Bonchev–Trinajstić information content (AvgIpc) is 2.29. The van der Waals surface area contributed by atoms with E-state index < -0.39 is 9.84 Å². The first-order chi connectivity index (χ1) is 7.90. The third-order valence-electron chi connectivity index (χ3n) is 2.44. The van der Waals surface area contributed by atoms with Gasteiger partial charge in [-0.3, -0.25) is 0 Å². The normalized spacial score (nSPS) is 10.4. The molecule has 3 heteroatoms. The highest BCUT2D eigenvalue weighted by atomic mass is 32.2. The van der Waals surface area contributed by atoms with Crippen molar-refractivity contribution in [3.8, 4) is 0 Å². The summed E-state index contributed by atoms with van der Waals surface area (Å²) in [5, 5.41) is 0. The van der Waals surface area contributed by atoms with Gasteiger partial charge in [0.05, 0.1) is 4.90 Å². The van der Waals surface area contributed by atoms with Gasteiger partial charge in [0.15, 0.2) is 9.84 Å². The van der Waals surface area contributed by atoms with Gasteiger partial charge in [0.1, 0.15) is 0 Å². The summed E-state index contributed by atoms with van der Waals surface area (Å²) in [4.78, 5) is 0.421. The van der Waals surface area contributed by atoms with E-state index in [0.717, 1.165) is 23.1 Å². The van der Waals surface area contributed by atoms with Gasteiger partial charge in [0.25, 0.3) is 0 Å². The Balaban J connectivity index is 0.00000121. The van der Waals surface area contributed by atoms with Gasteiger partial charge >= 0.3 is 0 Å². The molecule has 0 aliphatic heterocycles. The molecule has 0 bridgehead atoms. The molecular weight excluding hydrogens is 232 g/mol. The van der Waals surface area contributed by atoms with E-state index in [1.54, 1.807) is 12.1 Å². The highest BCUT2D eigenvalue weighted by Crippen LogP contribution is 2.22. The number of aryl methyl sites for hydroxylation is 2. The Bertz CT molecular complexity index is 485. The summed E-state index contributed by atoms with van der Waals surface area (Å²) in [6.07, 6.45) is 3.81. The summed E-state index contributed by atoms with van der Waals surface area (Å²) in [7, 11) is -3.13. The van der Waals surface area contributed by atoms with Gasteiger partial charge in [0.2, 0.25) is 0 Å². The zero-order valence-corrected chi connectivity index (χ0v) is 12.2.